The van der Waals surface area contributed by atoms with E-state index in [9.17, 15) is 0 Å². The minimum absolute atomic E-state index is 0.824. The summed E-state index contributed by atoms with van der Waals surface area (Å²) in [6.07, 6.45) is 0. The Kier molecular flexibility index (Phi) is 3.56. The number of rotatable bonds is 3. The fraction of sp³-hybridized carbons (Fsp3) is 0.333. The molecule has 0 amide bonds. The number of alkyl halides is 1. The van der Waals surface area contributed by atoms with Crippen LogP contribution in [-0.2, 0) is 11.9 Å². The van der Waals surface area contributed by atoms with Gasteiger partial charge in [-0.25, -0.2) is 0 Å². The zero-order valence-corrected chi connectivity index (χ0v) is 8.69. The maximum Gasteiger partial charge on any atom is 0.0317 e. The van der Waals surface area contributed by atoms with Crippen LogP contribution >= 0.6 is 15.9 Å². The molecule has 0 saturated heterocycles. The summed E-state index contributed by atoms with van der Waals surface area (Å²) in [6, 6.07) is 5.99. The molecule has 1 aromatic carbocycles. The van der Waals surface area contributed by atoms with Crippen molar-refractivity contribution in [2.75, 3.05) is 12.8 Å². The summed E-state index contributed by atoms with van der Waals surface area (Å²) in [5.41, 5.74) is 9.04. The molecular formula is C9H13BrN2. The van der Waals surface area contributed by atoms with Crippen molar-refractivity contribution in [2.24, 2.45) is 0 Å². The molecule has 0 saturated carbocycles. The lowest BCUT2D eigenvalue weighted by Gasteiger charge is -2.07. The van der Waals surface area contributed by atoms with Crippen molar-refractivity contribution in [2.45, 2.75) is 11.9 Å². The monoisotopic (exact) mass is 228 g/mol. The standard InChI is InChI=1S/C9H13BrN2/c1-12-6-8-4-9(11)3-2-7(8)5-10/h2-4,12H,5-6,11H2,1H3. The molecule has 0 atom stereocenters. The molecule has 0 aliphatic carbocycles. The zero-order chi connectivity index (χ0) is 8.97. The summed E-state index contributed by atoms with van der Waals surface area (Å²) in [5, 5.41) is 3.99. The molecule has 0 radical (unpaired) electrons. The molecule has 0 heterocycles. The van der Waals surface area contributed by atoms with E-state index < -0.39 is 0 Å². The average Bonchev–Trinajstić information content (AvgIpc) is 2.05. The molecule has 3 heteroatoms. The van der Waals surface area contributed by atoms with Crippen LogP contribution in [0.5, 0.6) is 0 Å². The van der Waals surface area contributed by atoms with Crippen LogP contribution in [0.3, 0.4) is 0 Å². The highest BCUT2D eigenvalue weighted by Gasteiger charge is 1.99. The molecule has 12 heavy (non-hydrogen) atoms. The van der Waals surface area contributed by atoms with E-state index >= 15 is 0 Å². The van der Waals surface area contributed by atoms with Crippen LogP contribution in [0.1, 0.15) is 11.1 Å². The topological polar surface area (TPSA) is 38.0 Å². The van der Waals surface area contributed by atoms with Crippen molar-refractivity contribution in [1.82, 2.24) is 5.32 Å². The molecule has 0 spiro atoms. The van der Waals surface area contributed by atoms with Crippen LogP contribution in [0.15, 0.2) is 18.2 Å². The normalized spacial score (nSPS) is 10.2. The van der Waals surface area contributed by atoms with Gasteiger partial charge in [-0.3, -0.25) is 0 Å². The molecule has 1 rings (SSSR count). The number of hydrogen-bond acceptors (Lipinski definition) is 2. The predicted octanol–water partition coefficient (Wildman–Crippen LogP) is 1.88. The van der Waals surface area contributed by atoms with Crippen LogP contribution in [0.4, 0.5) is 5.69 Å². The largest absolute Gasteiger partial charge is 0.399 e. The minimum atomic E-state index is 0.824. The van der Waals surface area contributed by atoms with Gasteiger partial charge in [-0.1, -0.05) is 22.0 Å². The first kappa shape index (κ1) is 9.55. The van der Waals surface area contributed by atoms with Gasteiger partial charge in [-0.2, -0.15) is 0 Å². The number of hydrogen-bond donors (Lipinski definition) is 2. The lowest BCUT2D eigenvalue weighted by Crippen LogP contribution is -2.07. The van der Waals surface area contributed by atoms with Crippen molar-refractivity contribution in [3.63, 3.8) is 0 Å². The van der Waals surface area contributed by atoms with Gasteiger partial charge in [0, 0.05) is 17.6 Å². The quantitative estimate of drug-likeness (QED) is 0.613. The Morgan fingerprint density at radius 3 is 2.75 bits per heavy atom. The lowest BCUT2D eigenvalue weighted by molar-refractivity contribution is 0.812. The molecule has 1 aromatic rings. The second-order valence-electron chi connectivity index (χ2n) is 2.69. The summed E-state index contributed by atoms with van der Waals surface area (Å²) < 4.78 is 0. The van der Waals surface area contributed by atoms with Gasteiger partial charge in [0.25, 0.3) is 0 Å². The Balaban J connectivity index is 2.95. The Bertz CT molecular complexity index is 261. The van der Waals surface area contributed by atoms with Crippen LogP contribution in [0.25, 0.3) is 0 Å². The molecule has 0 fully saturated rings. The molecule has 0 bridgehead atoms. The van der Waals surface area contributed by atoms with Gasteiger partial charge < -0.3 is 11.1 Å². The van der Waals surface area contributed by atoms with Gasteiger partial charge >= 0.3 is 0 Å². The van der Waals surface area contributed by atoms with E-state index in [0.29, 0.717) is 0 Å². The number of anilines is 1. The lowest BCUT2D eigenvalue weighted by atomic mass is 10.1. The fourth-order valence-corrected chi connectivity index (χ4v) is 1.68. The summed E-state index contributed by atoms with van der Waals surface area (Å²) in [5.74, 6) is 0. The van der Waals surface area contributed by atoms with Crippen molar-refractivity contribution in [3.05, 3.63) is 29.3 Å². The van der Waals surface area contributed by atoms with E-state index in [-0.39, 0.29) is 0 Å². The number of nitrogens with one attached hydrogen (secondary N) is 1. The second kappa shape index (κ2) is 4.48. The number of halogens is 1. The third-order valence-corrected chi connectivity index (χ3v) is 2.35. The highest BCUT2D eigenvalue weighted by Crippen LogP contribution is 2.15. The van der Waals surface area contributed by atoms with Crippen LogP contribution < -0.4 is 11.1 Å². The van der Waals surface area contributed by atoms with Crippen molar-refractivity contribution < 1.29 is 0 Å². The van der Waals surface area contributed by atoms with Crippen molar-refractivity contribution in [1.29, 1.82) is 0 Å². The van der Waals surface area contributed by atoms with E-state index in [1.165, 1.54) is 11.1 Å². The number of nitrogens with two attached hydrogens (primary N) is 1. The summed E-state index contributed by atoms with van der Waals surface area (Å²) >= 11 is 3.43. The van der Waals surface area contributed by atoms with E-state index in [1.807, 2.05) is 19.2 Å². The van der Waals surface area contributed by atoms with Gasteiger partial charge in [-0.15, -0.1) is 0 Å². The number of benzene rings is 1. The Hall–Kier alpha value is -0.540. The first-order valence-corrected chi connectivity index (χ1v) is 4.98. The molecule has 66 valence electrons. The van der Waals surface area contributed by atoms with Crippen LogP contribution in [-0.4, -0.2) is 7.05 Å². The summed E-state index contributed by atoms with van der Waals surface area (Å²) in [7, 11) is 1.93. The molecule has 0 unspecified atom stereocenters. The Morgan fingerprint density at radius 1 is 1.42 bits per heavy atom. The zero-order valence-electron chi connectivity index (χ0n) is 7.10. The van der Waals surface area contributed by atoms with Gasteiger partial charge in [0.15, 0.2) is 0 Å². The molecular weight excluding hydrogens is 216 g/mol. The van der Waals surface area contributed by atoms with Crippen LogP contribution in [0.2, 0.25) is 0 Å². The molecule has 0 aliphatic heterocycles. The van der Waals surface area contributed by atoms with E-state index in [2.05, 4.69) is 27.3 Å². The Morgan fingerprint density at radius 2 is 2.17 bits per heavy atom. The maximum atomic E-state index is 5.67. The van der Waals surface area contributed by atoms with Crippen molar-refractivity contribution in [3.8, 4) is 0 Å². The Labute approximate surface area is 81.3 Å². The summed E-state index contributed by atoms with van der Waals surface area (Å²) in [4.78, 5) is 0. The average molecular weight is 229 g/mol. The van der Waals surface area contributed by atoms with Crippen LogP contribution in [0, 0.1) is 0 Å². The smallest absolute Gasteiger partial charge is 0.0317 e. The number of nitrogen functional groups attached to an aromatic ring is 1. The van der Waals surface area contributed by atoms with Gasteiger partial charge in [0.1, 0.15) is 0 Å². The first-order valence-electron chi connectivity index (χ1n) is 3.85. The third-order valence-electron chi connectivity index (χ3n) is 1.74. The third kappa shape index (κ3) is 2.22. The first-order chi connectivity index (χ1) is 5.77. The minimum Gasteiger partial charge on any atom is -0.399 e. The molecule has 0 aromatic heterocycles. The van der Waals surface area contributed by atoms with Crippen molar-refractivity contribution >= 4 is 21.6 Å². The predicted molar refractivity (Wildman–Crippen MR) is 56.2 cm³/mol. The second-order valence-corrected chi connectivity index (χ2v) is 3.25. The maximum absolute atomic E-state index is 5.67. The molecule has 0 aliphatic rings. The highest BCUT2D eigenvalue weighted by molar-refractivity contribution is 9.08. The van der Waals surface area contributed by atoms with Gasteiger partial charge in [0.05, 0.1) is 0 Å². The summed E-state index contributed by atoms with van der Waals surface area (Å²) in [6.45, 7) is 0.867. The molecule has 2 nitrogen and oxygen atoms in total. The van der Waals surface area contributed by atoms with Gasteiger partial charge in [0.2, 0.25) is 0 Å². The highest BCUT2D eigenvalue weighted by atomic mass is 79.9. The van der Waals surface area contributed by atoms with Gasteiger partial charge in [-0.05, 0) is 30.3 Å². The van der Waals surface area contributed by atoms with E-state index in [4.69, 9.17) is 5.73 Å². The van der Waals surface area contributed by atoms with E-state index in [1.54, 1.807) is 0 Å². The molecule has 3 N–H and O–H groups in total. The van der Waals surface area contributed by atoms with E-state index in [0.717, 1.165) is 17.6 Å². The SMILES string of the molecule is CNCc1cc(N)ccc1CBr. The fourth-order valence-electron chi connectivity index (χ4n) is 1.13.